The summed E-state index contributed by atoms with van der Waals surface area (Å²) in [6, 6.07) is 20.0. The lowest BCUT2D eigenvalue weighted by atomic mass is 9.95. The van der Waals surface area contributed by atoms with E-state index in [2.05, 4.69) is 11.1 Å². The van der Waals surface area contributed by atoms with Crippen LogP contribution in [0.1, 0.15) is 42.9 Å². The van der Waals surface area contributed by atoms with E-state index in [1.54, 1.807) is 34.6 Å². The molecule has 1 atom stereocenters. The highest BCUT2D eigenvalue weighted by Crippen LogP contribution is 2.23. The van der Waals surface area contributed by atoms with Crippen LogP contribution >= 0.6 is 0 Å². The Morgan fingerprint density at radius 1 is 1.00 bits per heavy atom. The molecule has 0 spiro atoms. The number of hydrogen-bond acceptors (Lipinski definition) is 5. The van der Waals surface area contributed by atoms with Crippen molar-refractivity contribution in [2.24, 2.45) is 0 Å². The first-order valence-electron chi connectivity index (χ1n) is 10.9. The second-order valence-electron chi connectivity index (χ2n) is 8.07. The predicted molar refractivity (Wildman–Crippen MR) is 122 cm³/mol. The quantitative estimate of drug-likeness (QED) is 0.541. The van der Waals surface area contributed by atoms with E-state index in [1.807, 2.05) is 30.3 Å². The normalized spacial score (nSPS) is 15.8. The van der Waals surface area contributed by atoms with E-state index in [-0.39, 0.29) is 17.1 Å². The minimum absolute atomic E-state index is 0.185. The molecule has 32 heavy (non-hydrogen) atoms. The second kappa shape index (κ2) is 9.60. The molecule has 2 aromatic carbocycles. The number of fused-ring (bicyclic) bond motifs is 1. The van der Waals surface area contributed by atoms with E-state index in [0.717, 1.165) is 35.7 Å². The first-order chi connectivity index (χ1) is 15.5. The molecule has 2 heterocycles. The van der Waals surface area contributed by atoms with Crippen LogP contribution in [-0.4, -0.2) is 36.6 Å². The number of benzene rings is 2. The van der Waals surface area contributed by atoms with Crippen molar-refractivity contribution in [1.82, 2.24) is 9.29 Å². The van der Waals surface area contributed by atoms with Crippen LogP contribution in [0.3, 0.4) is 0 Å². The Balaban J connectivity index is 1.42. The summed E-state index contributed by atoms with van der Waals surface area (Å²) in [6.07, 6.45) is 3.48. The van der Waals surface area contributed by atoms with Crippen molar-refractivity contribution in [2.45, 2.75) is 42.9 Å². The molecule has 0 saturated carbocycles. The van der Waals surface area contributed by atoms with Gasteiger partial charge in [-0.1, -0.05) is 42.8 Å². The van der Waals surface area contributed by atoms with Crippen LogP contribution < -0.4 is 0 Å². The Morgan fingerprint density at radius 3 is 2.44 bits per heavy atom. The van der Waals surface area contributed by atoms with Gasteiger partial charge in [0.1, 0.15) is 5.92 Å². The zero-order valence-electron chi connectivity index (χ0n) is 17.8. The summed E-state index contributed by atoms with van der Waals surface area (Å²) in [5, 5.41) is 10.5. The smallest absolute Gasteiger partial charge is 0.243 e. The molecule has 1 aromatic heterocycles. The minimum Gasteiger partial charge on any atom is -0.298 e. The van der Waals surface area contributed by atoms with Crippen LogP contribution in [0.2, 0.25) is 0 Å². The van der Waals surface area contributed by atoms with Crippen LogP contribution in [0.25, 0.3) is 10.9 Å². The second-order valence-corrected chi connectivity index (χ2v) is 10.0. The zero-order valence-corrected chi connectivity index (χ0v) is 18.6. The number of aryl methyl sites for hydroxylation is 1. The number of carbonyl (C=O) groups excluding carboxylic acids is 1. The molecule has 6 nitrogen and oxygen atoms in total. The van der Waals surface area contributed by atoms with Crippen molar-refractivity contribution >= 4 is 26.7 Å². The van der Waals surface area contributed by atoms with Crippen LogP contribution in [0.15, 0.2) is 65.6 Å². The number of Topliss-reactive ketones (excluding diaryl/α,β-unsaturated/α-hetero) is 1. The fourth-order valence-electron chi connectivity index (χ4n) is 4.04. The van der Waals surface area contributed by atoms with Crippen molar-refractivity contribution in [2.75, 3.05) is 13.1 Å². The van der Waals surface area contributed by atoms with Crippen LogP contribution in [0, 0.1) is 11.3 Å². The van der Waals surface area contributed by atoms with Gasteiger partial charge in [-0.25, -0.2) is 8.42 Å². The molecular weight excluding hydrogens is 422 g/mol. The fourth-order valence-corrected chi connectivity index (χ4v) is 5.56. The van der Waals surface area contributed by atoms with E-state index < -0.39 is 15.9 Å². The summed E-state index contributed by atoms with van der Waals surface area (Å²) < 4.78 is 27.1. The molecule has 0 amide bonds. The van der Waals surface area contributed by atoms with Crippen molar-refractivity contribution in [3.63, 3.8) is 0 Å². The number of carbonyl (C=O) groups is 1. The summed E-state index contributed by atoms with van der Waals surface area (Å²) in [6.45, 7) is 1.13. The van der Waals surface area contributed by atoms with Crippen LogP contribution in [0.4, 0.5) is 0 Å². The maximum absolute atomic E-state index is 12.8. The van der Waals surface area contributed by atoms with Gasteiger partial charge >= 0.3 is 0 Å². The van der Waals surface area contributed by atoms with Gasteiger partial charge in [-0.3, -0.25) is 9.78 Å². The molecule has 1 aliphatic rings. The third-order valence-corrected chi connectivity index (χ3v) is 7.82. The zero-order chi connectivity index (χ0) is 22.6. The van der Waals surface area contributed by atoms with Crippen molar-refractivity contribution < 1.29 is 13.2 Å². The van der Waals surface area contributed by atoms with Crippen molar-refractivity contribution in [3.8, 4) is 6.07 Å². The van der Waals surface area contributed by atoms with Gasteiger partial charge in [0.05, 0.1) is 22.2 Å². The summed E-state index contributed by atoms with van der Waals surface area (Å²) in [7, 11) is -3.47. The summed E-state index contributed by atoms with van der Waals surface area (Å²) in [5.74, 6) is -1.11. The molecule has 1 fully saturated rings. The largest absolute Gasteiger partial charge is 0.298 e. The molecule has 0 aliphatic carbocycles. The average Bonchev–Trinajstić information content (AvgIpc) is 2.84. The van der Waals surface area contributed by atoms with E-state index in [0.29, 0.717) is 25.2 Å². The molecule has 1 saturated heterocycles. The van der Waals surface area contributed by atoms with E-state index in [9.17, 15) is 18.5 Å². The van der Waals surface area contributed by atoms with Crippen molar-refractivity contribution in [1.29, 1.82) is 5.26 Å². The lowest BCUT2D eigenvalue weighted by molar-refractivity contribution is -0.119. The van der Waals surface area contributed by atoms with E-state index in [4.69, 9.17) is 0 Å². The number of nitriles is 1. The number of sulfonamides is 1. The van der Waals surface area contributed by atoms with Gasteiger partial charge in [-0.05, 0) is 49.1 Å². The Hall–Kier alpha value is -3.08. The average molecular weight is 448 g/mol. The lowest BCUT2D eigenvalue weighted by Gasteiger charge is -2.25. The molecule has 4 rings (SSSR count). The van der Waals surface area contributed by atoms with E-state index in [1.165, 1.54) is 0 Å². The Kier molecular flexibility index (Phi) is 6.63. The standard InChI is InChI=1S/C25H25N3O3S/c26-18-22(24-14-11-20-6-2-3-7-23(20)27-24)25(29)15-10-19-8-12-21(13-9-19)32(30,31)28-16-4-1-5-17-28/h2-3,6-9,11-14,22H,1,4-5,10,15-17H2/t22-/m0/s1. The molecule has 0 N–H and O–H groups in total. The number of hydrogen-bond donors (Lipinski definition) is 0. The molecule has 7 heteroatoms. The number of pyridine rings is 1. The molecular formula is C25H25N3O3S. The minimum atomic E-state index is -3.47. The Labute approximate surface area is 188 Å². The third-order valence-electron chi connectivity index (χ3n) is 5.90. The molecule has 3 aromatic rings. The molecule has 0 radical (unpaired) electrons. The third kappa shape index (κ3) is 4.72. The monoisotopic (exact) mass is 447 g/mol. The molecule has 0 bridgehead atoms. The highest BCUT2D eigenvalue weighted by atomic mass is 32.2. The highest BCUT2D eigenvalue weighted by molar-refractivity contribution is 7.89. The summed E-state index contributed by atoms with van der Waals surface area (Å²) in [4.78, 5) is 17.5. The van der Waals surface area contributed by atoms with Gasteiger partial charge in [0.25, 0.3) is 0 Å². The maximum atomic E-state index is 12.8. The predicted octanol–water partition coefficient (Wildman–Crippen LogP) is 4.22. The topological polar surface area (TPSA) is 91.1 Å². The van der Waals surface area contributed by atoms with Gasteiger partial charge in [0.2, 0.25) is 10.0 Å². The summed E-state index contributed by atoms with van der Waals surface area (Å²) in [5.41, 5.74) is 2.07. The van der Waals surface area contributed by atoms with Crippen LogP contribution in [0.5, 0.6) is 0 Å². The van der Waals surface area contributed by atoms with Gasteiger partial charge in [0, 0.05) is 24.9 Å². The number of piperidine rings is 1. The van der Waals surface area contributed by atoms with Crippen molar-refractivity contribution in [3.05, 3.63) is 71.9 Å². The number of ketones is 1. The SMILES string of the molecule is N#C[C@H](C(=O)CCc1ccc(S(=O)(=O)N2CCCCC2)cc1)c1ccc2ccccc2n1. The van der Waals surface area contributed by atoms with Crippen LogP contribution in [-0.2, 0) is 21.2 Å². The molecule has 164 valence electrons. The Bertz CT molecular complexity index is 1260. The number of para-hydroxylation sites is 1. The number of aromatic nitrogens is 1. The van der Waals surface area contributed by atoms with Gasteiger partial charge in [-0.2, -0.15) is 9.57 Å². The first-order valence-corrected chi connectivity index (χ1v) is 12.3. The number of nitrogens with zero attached hydrogens (tertiary/aromatic N) is 3. The molecule has 0 unspecified atom stereocenters. The van der Waals surface area contributed by atoms with Gasteiger partial charge in [0.15, 0.2) is 5.78 Å². The Morgan fingerprint density at radius 2 is 1.72 bits per heavy atom. The molecule has 1 aliphatic heterocycles. The van der Waals surface area contributed by atoms with E-state index >= 15 is 0 Å². The highest BCUT2D eigenvalue weighted by Gasteiger charge is 2.26. The van der Waals surface area contributed by atoms with Gasteiger partial charge < -0.3 is 0 Å². The first kappa shape index (κ1) is 22.1. The lowest BCUT2D eigenvalue weighted by Crippen LogP contribution is -2.35. The number of rotatable bonds is 7. The fraction of sp³-hybridized carbons (Fsp3) is 0.320. The van der Waals surface area contributed by atoms with Gasteiger partial charge in [-0.15, -0.1) is 0 Å². The maximum Gasteiger partial charge on any atom is 0.243 e. The summed E-state index contributed by atoms with van der Waals surface area (Å²) >= 11 is 0.